The quantitative estimate of drug-likeness (QED) is 0.141. The van der Waals surface area contributed by atoms with Crippen molar-refractivity contribution in [3.05, 3.63) is 133 Å². The molecule has 0 aliphatic heterocycles. The molecule has 7 rings (SSSR count). The largest absolute Gasteiger partial charge is 0.398 e. The third-order valence-corrected chi connectivity index (χ3v) is 14.4. The molecule has 0 saturated carbocycles. The van der Waals surface area contributed by atoms with Gasteiger partial charge in [0.05, 0.1) is 18.3 Å². The zero-order valence-electron chi connectivity index (χ0n) is 30.0. The van der Waals surface area contributed by atoms with E-state index in [-0.39, 0.29) is 24.0 Å². The Morgan fingerprint density at radius 1 is 0.925 bits per heavy atom. The number of halogens is 2. The van der Waals surface area contributed by atoms with E-state index in [4.69, 9.17) is 8.95 Å². The number of hydrogen-bond acceptors (Lipinski definition) is 7. The Balaban J connectivity index is 1.12. The summed E-state index contributed by atoms with van der Waals surface area (Å²) in [6, 6.07) is 30.3. The van der Waals surface area contributed by atoms with Gasteiger partial charge in [0, 0.05) is 36.3 Å². The lowest BCUT2D eigenvalue weighted by Crippen LogP contribution is -2.68. The van der Waals surface area contributed by atoms with Crippen molar-refractivity contribution in [1.82, 2.24) is 29.3 Å². The number of hydrogen-bond donors (Lipinski definition) is 1. The van der Waals surface area contributed by atoms with E-state index in [9.17, 15) is 13.6 Å². The van der Waals surface area contributed by atoms with Crippen LogP contribution in [0.15, 0.2) is 120 Å². The zero-order valence-corrected chi connectivity index (χ0v) is 31.0. The molecule has 7 aromatic rings. The Labute approximate surface area is 306 Å². The van der Waals surface area contributed by atoms with Gasteiger partial charge in [0.1, 0.15) is 17.4 Å². The van der Waals surface area contributed by atoms with Crippen molar-refractivity contribution < 1.29 is 22.5 Å². The minimum absolute atomic E-state index is 0.0187. The molecule has 53 heavy (non-hydrogen) atoms. The molecular formula is C40H39F2N7O3Si. The van der Waals surface area contributed by atoms with E-state index in [1.807, 2.05) is 126 Å². The number of nitrogens with zero attached hydrogens (tertiary/aromatic N) is 6. The van der Waals surface area contributed by atoms with Gasteiger partial charge in [-0.1, -0.05) is 98.7 Å². The molecule has 0 fully saturated rings. The average Bonchev–Trinajstić information content (AvgIpc) is 3.91. The summed E-state index contributed by atoms with van der Waals surface area (Å²) in [4.78, 5) is 22.5. The summed E-state index contributed by atoms with van der Waals surface area (Å²) in [7, 11) is -1.44. The first-order chi connectivity index (χ1) is 25.4. The molecule has 4 aromatic heterocycles. The van der Waals surface area contributed by atoms with Gasteiger partial charge >= 0.3 is 0 Å². The van der Waals surface area contributed by atoms with Crippen molar-refractivity contribution in [3.8, 4) is 22.6 Å². The van der Waals surface area contributed by atoms with Crippen LogP contribution in [0.1, 0.15) is 42.7 Å². The molecule has 0 aliphatic rings. The van der Waals surface area contributed by atoms with E-state index < -0.39 is 25.9 Å². The normalized spacial score (nSPS) is 12.8. The maximum absolute atomic E-state index is 15.0. The van der Waals surface area contributed by atoms with Gasteiger partial charge < -0.3 is 14.3 Å². The average molecular weight is 732 g/mol. The molecule has 270 valence electrons. The number of amides is 1. The molecule has 0 spiro atoms. The number of aromatic nitrogens is 6. The number of carbonyl (C=O) groups excluding carboxylic acids is 1. The zero-order chi connectivity index (χ0) is 37.3. The van der Waals surface area contributed by atoms with Gasteiger partial charge in [-0.15, -0.1) is 0 Å². The number of carbonyl (C=O) groups is 1. The van der Waals surface area contributed by atoms with E-state index in [0.717, 1.165) is 27.2 Å². The van der Waals surface area contributed by atoms with Crippen molar-refractivity contribution in [2.45, 2.75) is 51.7 Å². The van der Waals surface area contributed by atoms with Crippen molar-refractivity contribution in [2.75, 3.05) is 5.32 Å². The molecule has 3 aromatic carbocycles. The van der Waals surface area contributed by atoms with E-state index in [1.54, 1.807) is 27.4 Å². The summed E-state index contributed by atoms with van der Waals surface area (Å²) in [5, 5.41) is 12.8. The number of aryl methyl sites for hydroxylation is 2. The summed E-state index contributed by atoms with van der Waals surface area (Å²) in [5.74, 6) is -0.145. The minimum Gasteiger partial charge on any atom is -0.398 e. The lowest BCUT2D eigenvalue weighted by Gasteiger charge is -2.44. The molecule has 1 amide bonds. The molecule has 1 atom stereocenters. The second-order valence-electron chi connectivity index (χ2n) is 14.0. The minimum atomic E-state index is -3.29. The van der Waals surface area contributed by atoms with Crippen LogP contribution in [0.25, 0.3) is 28.3 Å². The van der Waals surface area contributed by atoms with Crippen LogP contribution in [0.3, 0.4) is 0 Å². The van der Waals surface area contributed by atoms with Crippen LogP contribution >= 0.6 is 0 Å². The Bertz CT molecular complexity index is 2330. The van der Waals surface area contributed by atoms with Gasteiger partial charge in [0.2, 0.25) is 11.7 Å². The smallest absolute Gasteiger partial charge is 0.274 e. The maximum atomic E-state index is 15.0. The SMILES string of the molecule is Cc1ccc(-c2noc(C[C@H](O[Si](c3ccccc3)(c3ccccc3)C(C)(C)C)C(F)F)n2)cc1NC(=O)c1cnc2cc(-c3ccn(C)n3)ccn12. The van der Waals surface area contributed by atoms with E-state index in [1.165, 1.54) is 6.20 Å². The number of pyridine rings is 1. The van der Waals surface area contributed by atoms with E-state index in [2.05, 4.69) is 25.5 Å². The number of alkyl halides is 2. The van der Waals surface area contributed by atoms with Crippen molar-refractivity contribution >= 4 is 35.9 Å². The second kappa shape index (κ2) is 14.3. The second-order valence-corrected chi connectivity index (χ2v) is 18.3. The molecule has 0 saturated heterocycles. The highest BCUT2D eigenvalue weighted by atomic mass is 28.4. The lowest BCUT2D eigenvalue weighted by atomic mass is 10.1. The standard InChI is InChI=1S/C40H39F2N7O3Si/c1-26-16-17-28(22-32(26)44-39(50)33-25-43-35-23-27(18-21-49(33)35)31-19-20-48(5)46-31)38-45-36(51-47-38)24-34(37(41)42)52-53(40(2,3)4,29-12-8-6-9-13-29)30-14-10-7-11-15-30/h6-23,25,34,37H,24H2,1-5H3,(H,44,50)/t34-/m0/s1. The fourth-order valence-corrected chi connectivity index (χ4v) is 11.3. The highest BCUT2D eigenvalue weighted by Crippen LogP contribution is 2.38. The molecule has 0 aliphatic carbocycles. The summed E-state index contributed by atoms with van der Waals surface area (Å²) in [6.45, 7) is 7.98. The van der Waals surface area contributed by atoms with Crippen molar-refractivity contribution in [3.63, 3.8) is 0 Å². The van der Waals surface area contributed by atoms with Crippen LogP contribution in [0, 0.1) is 6.92 Å². The lowest BCUT2D eigenvalue weighted by molar-refractivity contribution is 0.00243. The van der Waals surface area contributed by atoms with Crippen LogP contribution in [0.4, 0.5) is 14.5 Å². The summed E-state index contributed by atoms with van der Waals surface area (Å²) in [5.41, 5.74) is 4.50. The third kappa shape index (κ3) is 7.05. The van der Waals surface area contributed by atoms with Crippen LogP contribution < -0.4 is 15.7 Å². The predicted molar refractivity (Wildman–Crippen MR) is 202 cm³/mol. The van der Waals surface area contributed by atoms with Gasteiger partial charge in [0.25, 0.3) is 20.7 Å². The number of rotatable bonds is 11. The first-order valence-corrected chi connectivity index (χ1v) is 19.1. The van der Waals surface area contributed by atoms with Crippen LogP contribution in [0.5, 0.6) is 0 Å². The molecule has 0 unspecified atom stereocenters. The Kier molecular flexibility index (Phi) is 9.62. The molecule has 0 bridgehead atoms. The van der Waals surface area contributed by atoms with E-state index >= 15 is 0 Å². The number of nitrogens with one attached hydrogen (secondary N) is 1. The van der Waals surface area contributed by atoms with Gasteiger partial charge in [0.15, 0.2) is 0 Å². The topological polar surface area (TPSA) is 112 Å². The fraction of sp³-hybridized carbons (Fsp3) is 0.225. The van der Waals surface area contributed by atoms with Gasteiger partial charge in [-0.05, 0) is 52.2 Å². The highest BCUT2D eigenvalue weighted by Gasteiger charge is 2.52. The van der Waals surface area contributed by atoms with Crippen LogP contribution in [-0.2, 0) is 17.9 Å². The molecule has 4 heterocycles. The molecule has 13 heteroatoms. The first kappa shape index (κ1) is 35.6. The number of benzene rings is 3. The van der Waals surface area contributed by atoms with Gasteiger partial charge in [-0.2, -0.15) is 10.1 Å². The maximum Gasteiger partial charge on any atom is 0.274 e. The molecule has 10 nitrogen and oxygen atoms in total. The summed E-state index contributed by atoms with van der Waals surface area (Å²) in [6.07, 6.45) is 0.534. The number of anilines is 1. The number of imidazole rings is 1. The molecule has 0 radical (unpaired) electrons. The number of fused-ring (bicyclic) bond motifs is 1. The Morgan fingerprint density at radius 3 is 2.25 bits per heavy atom. The predicted octanol–water partition coefficient (Wildman–Crippen LogP) is 7.10. The Hall–Kier alpha value is -5.79. The third-order valence-electron chi connectivity index (χ3n) is 9.37. The Morgan fingerprint density at radius 2 is 1.62 bits per heavy atom. The van der Waals surface area contributed by atoms with Gasteiger partial charge in [-0.25, -0.2) is 13.8 Å². The monoisotopic (exact) mass is 731 g/mol. The first-order valence-electron chi connectivity index (χ1n) is 17.2. The van der Waals surface area contributed by atoms with Crippen molar-refractivity contribution in [2.24, 2.45) is 7.05 Å². The van der Waals surface area contributed by atoms with Gasteiger partial charge in [-0.3, -0.25) is 13.9 Å². The molecule has 1 N–H and O–H groups in total. The molecular weight excluding hydrogens is 693 g/mol. The van der Waals surface area contributed by atoms with E-state index in [0.29, 0.717) is 22.6 Å². The van der Waals surface area contributed by atoms with Crippen molar-refractivity contribution in [1.29, 1.82) is 0 Å². The fourth-order valence-electron chi connectivity index (χ4n) is 6.69. The summed E-state index contributed by atoms with van der Waals surface area (Å²) >= 11 is 0. The van der Waals surface area contributed by atoms with Crippen LogP contribution in [0.2, 0.25) is 5.04 Å². The summed E-state index contributed by atoms with van der Waals surface area (Å²) < 4.78 is 45.6. The van der Waals surface area contributed by atoms with Crippen LogP contribution in [-0.4, -0.2) is 56.1 Å². The highest BCUT2D eigenvalue weighted by molar-refractivity contribution is 6.99.